The fourth-order valence-electron chi connectivity index (χ4n) is 3.39. The van der Waals surface area contributed by atoms with Gasteiger partial charge in [-0.3, -0.25) is 14.7 Å². The van der Waals surface area contributed by atoms with E-state index in [9.17, 15) is 4.79 Å². The summed E-state index contributed by atoms with van der Waals surface area (Å²) in [6.45, 7) is 3.75. The largest absolute Gasteiger partial charge is 0.372 e. The van der Waals surface area contributed by atoms with E-state index in [4.69, 9.17) is 9.47 Å². The zero-order chi connectivity index (χ0) is 16.1. The Morgan fingerprint density at radius 3 is 2.87 bits per heavy atom. The molecule has 1 spiro atoms. The number of amides is 1. The fraction of sp³-hybridized carbons (Fsp3) is 0.647. The number of likely N-dealkylation sites (N-methyl/N-ethyl adjacent to an activating group) is 1. The average molecular weight is 319 g/mol. The monoisotopic (exact) mass is 319 g/mol. The summed E-state index contributed by atoms with van der Waals surface area (Å²) in [4.78, 5) is 17.8. The summed E-state index contributed by atoms with van der Waals surface area (Å²) in [6.07, 6.45) is 6.67. The molecule has 6 nitrogen and oxygen atoms in total. The van der Waals surface area contributed by atoms with Crippen LogP contribution in [0.1, 0.15) is 24.8 Å². The molecule has 23 heavy (non-hydrogen) atoms. The van der Waals surface area contributed by atoms with Crippen molar-refractivity contribution in [2.75, 3.05) is 33.4 Å². The first kappa shape index (κ1) is 16.4. The van der Waals surface area contributed by atoms with Gasteiger partial charge in [0, 0.05) is 45.5 Å². The first-order valence-corrected chi connectivity index (χ1v) is 8.26. The van der Waals surface area contributed by atoms with Crippen molar-refractivity contribution >= 4 is 5.91 Å². The van der Waals surface area contributed by atoms with Gasteiger partial charge >= 0.3 is 0 Å². The Hall–Kier alpha value is -1.50. The number of likely N-dealkylation sites (tertiary alicyclic amines) is 1. The first-order chi connectivity index (χ1) is 11.2. The van der Waals surface area contributed by atoms with Crippen LogP contribution in [0.15, 0.2) is 24.5 Å². The number of aromatic nitrogens is 1. The van der Waals surface area contributed by atoms with E-state index in [1.54, 1.807) is 7.05 Å². The predicted molar refractivity (Wildman–Crippen MR) is 85.9 cm³/mol. The van der Waals surface area contributed by atoms with Crippen LogP contribution in [0.3, 0.4) is 0 Å². The number of hydrogen-bond acceptors (Lipinski definition) is 5. The van der Waals surface area contributed by atoms with Crippen LogP contribution in [-0.4, -0.2) is 60.8 Å². The van der Waals surface area contributed by atoms with Gasteiger partial charge in [0.2, 0.25) is 5.91 Å². The topological polar surface area (TPSA) is 63.7 Å². The van der Waals surface area contributed by atoms with E-state index in [1.165, 1.54) is 5.56 Å². The number of piperidine rings is 1. The van der Waals surface area contributed by atoms with Gasteiger partial charge in [-0.1, -0.05) is 0 Å². The Morgan fingerprint density at radius 1 is 1.43 bits per heavy atom. The zero-order valence-corrected chi connectivity index (χ0v) is 13.7. The van der Waals surface area contributed by atoms with Crippen molar-refractivity contribution in [1.29, 1.82) is 0 Å². The van der Waals surface area contributed by atoms with Crippen molar-refractivity contribution < 1.29 is 14.3 Å². The third-order valence-corrected chi connectivity index (χ3v) is 4.83. The average Bonchev–Trinajstić information content (AvgIpc) is 2.99. The SMILES string of the molecule is CNC(=O)COC1COC2(CCN(Cc3ccncc3)CC2)C1. The summed E-state index contributed by atoms with van der Waals surface area (Å²) in [5, 5.41) is 2.57. The van der Waals surface area contributed by atoms with Crippen molar-refractivity contribution in [3.63, 3.8) is 0 Å². The van der Waals surface area contributed by atoms with E-state index in [2.05, 4.69) is 27.3 Å². The zero-order valence-electron chi connectivity index (χ0n) is 13.7. The third-order valence-electron chi connectivity index (χ3n) is 4.83. The van der Waals surface area contributed by atoms with Crippen LogP contribution in [0.5, 0.6) is 0 Å². The van der Waals surface area contributed by atoms with Crippen molar-refractivity contribution in [3.8, 4) is 0 Å². The van der Waals surface area contributed by atoms with Gasteiger partial charge < -0.3 is 14.8 Å². The highest BCUT2D eigenvalue weighted by Gasteiger charge is 2.43. The highest BCUT2D eigenvalue weighted by Crippen LogP contribution is 2.37. The molecule has 1 unspecified atom stereocenters. The molecule has 0 bridgehead atoms. The van der Waals surface area contributed by atoms with Crippen LogP contribution in [0, 0.1) is 0 Å². The summed E-state index contributed by atoms with van der Waals surface area (Å²) >= 11 is 0. The summed E-state index contributed by atoms with van der Waals surface area (Å²) in [7, 11) is 1.62. The normalized spacial score (nSPS) is 24.0. The molecule has 0 aromatic carbocycles. The van der Waals surface area contributed by atoms with Crippen molar-refractivity contribution in [2.24, 2.45) is 0 Å². The van der Waals surface area contributed by atoms with E-state index in [-0.39, 0.29) is 24.2 Å². The maximum absolute atomic E-state index is 11.3. The van der Waals surface area contributed by atoms with E-state index in [0.717, 1.165) is 38.9 Å². The molecule has 126 valence electrons. The summed E-state index contributed by atoms with van der Waals surface area (Å²) in [5.41, 5.74) is 1.25. The van der Waals surface area contributed by atoms with Crippen LogP contribution < -0.4 is 5.32 Å². The minimum Gasteiger partial charge on any atom is -0.372 e. The second-order valence-electron chi connectivity index (χ2n) is 6.44. The van der Waals surface area contributed by atoms with Gasteiger partial charge in [0.25, 0.3) is 0 Å². The van der Waals surface area contributed by atoms with Crippen molar-refractivity contribution in [2.45, 2.75) is 37.5 Å². The molecule has 2 saturated heterocycles. The Morgan fingerprint density at radius 2 is 2.17 bits per heavy atom. The molecule has 3 heterocycles. The second-order valence-corrected chi connectivity index (χ2v) is 6.44. The number of hydrogen-bond donors (Lipinski definition) is 1. The molecular formula is C17H25N3O3. The smallest absolute Gasteiger partial charge is 0.245 e. The van der Waals surface area contributed by atoms with E-state index in [0.29, 0.717) is 6.61 Å². The van der Waals surface area contributed by atoms with Gasteiger partial charge in [-0.2, -0.15) is 0 Å². The maximum Gasteiger partial charge on any atom is 0.245 e. The minimum absolute atomic E-state index is 0.0408. The third kappa shape index (κ3) is 4.28. The maximum atomic E-state index is 11.3. The molecule has 1 aromatic rings. The molecule has 0 saturated carbocycles. The number of carbonyl (C=O) groups is 1. The molecule has 3 rings (SSSR count). The van der Waals surface area contributed by atoms with Crippen molar-refractivity contribution in [1.82, 2.24) is 15.2 Å². The molecule has 0 aliphatic carbocycles. The summed E-state index contributed by atoms with van der Waals surface area (Å²) in [6, 6.07) is 4.14. The molecular weight excluding hydrogens is 294 g/mol. The van der Waals surface area contributed by atoms with Gasteiger partial charge in [0.15, 0.2) is 0 Å². The van der Waals surface area contributed by atoms with Crippen LogP contribution in [0.2, 0.25) is 0 Å². The van der Waals surface area contributed by atoms with Crippen LogP contribution >= 0.6 is 0 Å². The quantitative estimate of drug-likeness (QED) is 0.876. The van der Waals surface area contributed by atoms with Gasteiger partial charge in [0.05, 0.1) is 18.3 Å². The number of rotatable bonds is 5. The lowest BCUT2D eigenvalue weighted by Gasteiger charge is -2.38. The van der Waals surface area contributed by atoms with E-state index < -0.39 is 0 Å². The number of nitrogens with one attached hydrogen (secondary N) is 1. The standard InChI is InChI=1S/C17H25N3O3/c1-18-16(21)13-22-15-10-17(23-12-15)4-8-20(9-5-17)11-14-2-6-19-7-3-14/h2-3,6-7,15H,4-5,8-13H2,1H3,(H,18,21). The predicted octanol–water partition coefficient (Wildman–Crippen LogP) is 0.968. The molecule has 0 radical (unpaired) electrons. The lowest BCUT2D eigenvalue weighted by Crippen LogP contribution is -2.44. The molecule has 2 fully saturated rings. The van der Waals surface area contributed by atoms with Gasteiger partial charge in [-0.25, -0.2) is 0 Å². The highest BCUT2D eigenvalue weighted by atomic mass is 16.6. The van der Waals surface area contributed by atoms with Gasteiger partial charge in [-0.15, -0.1) is 0 Å². The summed E-state index contributed by atoms with van der Waals surface area (Å²) < 4.78 is 11.7. The van der Waals surface area contributed by atoms with Gasteiger partial charge in [0.1, 0.15) is 6.61 Å². The van der Waals surface area contributed by atoms with Gasteiger partial charge in [-0.05, 0) is 30.5 Å². The Balaban J connectivity index is 1.44. The molecule has 1 atom stereocenters. The summed E-state index contributed by atoms with van der Waals surface area (Å²) in [5.74, 6) is -0.0851. The lowest BCUT2D eigenvalue weighted by atomic mass is 9.88. The Bertz CT molecular complexity index is 515. The number of ether oxygens (including phenoxy) is 2. The number of carbonyl (C=O) groups excluding carboxylic acids is 1. The first-order valence-electron chi connectivity index (χ1n) is 8.26. The van der Waals surface area contributed by atoms with Crippen molar-refractivity contribution in [3.05, 3.63) is 30.1 Å². The van der Waals surface area contributed by atoms with Crippen LogP contribution in [0.4, 0.5) is 0 Å². The molecule has 1 N–H and O–H groups in total. The lowest BCUT2D eigenvalue weighted by molar-refractivity contribution is -0.127. The minimum atomic E-state index is -0.0851. The molecule has 2 aliphatic heterocycles. The van der Waals surface area contributed by atoms with Crippen LogP contribution in [-0.2, 0) is 20.8 Å². The van der Waals surface area contributed by atoms with E-state index >= 15 is 0 Å². The van der Waals surface area contributed by atoms with E-state index in [1.807, 2.05) is 12.4 Å². The molecule has 1 aromatic heterocycles. The molecule has 6 heteroatoms. The molecule has 2 aliphatic rings. The Kier molecular flexibility index (Phi) is 5.25. The van der Waals surface area contributed by atoms with Crippen LogP contribution in [0.25, 0.3) is 0 Å². The number of nitrogens with zero attached hydrogens (tertiary/aromatic N) is 2. The second kappa shape index (κ2) is 7.38. The number of pyridine rings is 1. The Labute approximate surface area is 137 Å². The molecule has 1 amide bonds. The fourth-order valence-corrected chi connectivity index (χ4v) is 3.39. The highest BCUT2D eigenvalue weighted by molar-refractivity contribution is 5.76.